The summed E-state index contributed by atoms with van der Waals surface area (Å²) < 4.78 is 28.8. The summed E-state index contributed by atoms with van der Waals surface area (Å²) in [6.07, 6.45) is 7.49. The zero-order valence-electron chi connectivity index (χ0n) is 18.8. The van der Waals surface area contributed by atoms with Gasteiger partial charge in [-0.1, -0.05) is 46.5 Å². The molecule has 2 amide bonds. The van der Waals surface area contributed by atoms with Gasteiger partial charge in [-0.25, -0.2) is 8.42 Å². The summed E-state index contributed by atoms with van der Waals surface area (Å²) in [5.41, 5.74) is 1.62. The van der Waals surface area contributed by atoms with Crippen LogP contribution in [0.25, 0.3) is 0 Å². The second-order valence-electron chi connectivity index (χ2n) is 8.98. The minimum Gasteiger partial charge on any atom is -0.352 e. The maximum atomic E-state index is 13.1. The Morgan fingerprint density at radius 3 is 2.42 bits per heavy atom. The molecule has 172 valence electrons. The molecule has 2 N–H and O–H groups in total. The molecule has 0 bridgehead atoms. The number of benzene rings is 1. The van der Waals surface area contributed by atoms with E-state index in [2.05, 4.69) is 10.0 Å². The van der Waals surface area contributed by atoms with Gasteiger partial charge in [0.05, 0.1) is 4.90 Å². The average molecular weight is 450 g/mol. The number of sulfonamides is 1. The van der Waals surface area contributed by atoms with Crippen molar-refractivity contribution in [3.63, 3.8) is 0 Å². The van der Waals surface area contributed by atoms with Crippen molar-refractivity contribution in [1.82, 2.24) is 10.0 Å². The lowest BCUT2D eigenvalue weighted by molar-refractivity contribution is -0.124. The summed E-state index contributed by atoms with van der Waals surface area (Å²) in [5.74, 6) is -0.415. The number of carbonyl (C=O) groups is 2. The first kappa shape index (κ1) is 23.7. The van der Waals surface area contributed by atoms with Gasteiger partial charge in [-0.3, -0.25) is 9.59 Å². The lowest BCUT2D eigenvalue weighted by Crippen LogP contribution is -2.51. The highest BCUT2D eigenvalue weighted by Gasteiger charge is 2.31. The number of hydrogen-bond donors (Lipinski definition) is 2. The quantitative estimate of drug-likeness (QED) is 0.625. The van der Waals surface area contributed by atoms with Crippen LogP contribution in [0.3, 0.4) is 0 Å². The van der Waals surface area contributed by atoms with Gasteiger partial charge in [-0.15, -0.1) is 0 Å². The number of nitrogens with one attached hydrogen (secondary N) is 2. The van der Waals surface area contributed by atoms with Crippen LogP contribution in [0.15, 0.2) is 23.1 Å². The van der Waals surface area contributed by atoms with Crippen LogP contribution in [-0.2, 0) is 26.0 Å². The van der Waals surface area contributed by atoms with Crippen LogP contribution in [0.4, 0.5) is 5.69 Å². The molecule has 1 fully saturated rings. The molecule has 1 heterocycles. The number of rotatable bonds is 7. The Morgan fingerprint density at radius 1 is 1.13 bits per heavy atom. The lowest BCUT2D eigenvalue weighted by atomic mass is 10.0. The first-order valence-corrected chi connectivity index (χ1v) is 13.0. The molecule has 31 heavy (non-hydrogen) atoms. The molecule has 1 aromatic carbocycles. The number of hydrogen-bond acceptors (Lipinski definition) is 4. The van der Waals surface area contributed by atoms with Crippen molar-refractivity contribution in [2.75, 3.05) is 11.4 Å². The van der Waals surface area contributed by atoms with Crippen molar-refractivity contribution >= 4 is 27.5 Å². The fourth-order valence-corrected chi connectivity index (χ4v) is 5.83. The number of anilines is 1. The van der Waals surface area contributed by atoms with E-state index in [4.69, 9.17) is 0 Å². The number of amides is 2. The Bertz CT molecular complexity index is 905. The maximum Gasteiger partial charge on any atom is 0.241 e. The average Bonchev–Trinajstić information content (AvgIpc) is 2.99. The standard InChI is InChI=1S/C23H35N3O4S/c1-4-21(27)26-14-13-17-15-19(11-12-20(17)26)31(29,30)25-22(16(2)3)23(28)24-18-9-7-5-6-8-10-18/h11-12,15-16,18,22,25H,4-10,13-14H2,1-3H3,(H,24,28). The molecule has 0 saturated heterocycles. The van der Waals surface area contributed by atoms with Crippen LogP contribution in [-0.4, -0.2) is 38.9 Å². The third kappa shape index (κ3) is 5.66. The van der Waals surface area contributed by atoms with Crippen molar-refractivity contribution in [3.05, 3.63) is 23.8 Å². The van der Waals surface area contributed by atoms with E-state index in [0.29, 0.717) is 19.4 Å². The number of fused-ring (bicyclic) bond motifs is 1. The zero-order chi connectivity index (χ0) is 22.6. The molecular formula is C23H35N3O4S. The monoisotopic (exact) mass is 449 g/mol. The molecule has 1 saturated carbocycles. The Balaban J connectivity index is 1.74. The fourth-order valence-electron chi connectivity index (χ4n) is 4.44. The highest BCUT2D eigenvalue weighted by molar-refractivity contribution is 7.89. The topological polar surface area (TPSA) is 95.6 Å². The van der Waals surface area contributed by atoms with Crippen LogP contribution in [0, 0.1) is 5.92 Å². The lowest BCUT2D eigenvalue weighted by Gasteiger charge is -2.25. The first-order chi connectivity index (χ1) is 14.7. The van der Waals surface area contributed by atoms with Gasteiger partial charge in [0.2, 0.25) is 21.8 Å². The minimum atomic E-state index is -3.88. The van der Waals surface area contributed by atoms with Crippen molar-refractivity contribution < 1.29 is 18.0 Å². The molecule has 0 spiro atoms. The van der Waals surface area contributed by atoms with Crippen molar-refractivity contribution in [2.24, 2.45) is 5.92 Å². The third-order valence-electron chi connectivity index (χ3n) is 6.29. The van der Waals surface area contributed by atoms with E-state index in [-0.39, 0.29) is 28.7 Å². The molecule has 0 radical (unpaired) electrons. The van der Waals surface area contributed by atoms with Crippen molar-refractivity contribution in [3.8, 4) is 0 Å². The van der Waals surface area contributed by atoms with E-state index < -0.39 is 16.1 Å². The van der Waals surface area contributed by atoms with Gasteiger partial charge < -0.3 is 10.2 Å². The highest BCUT2D eigenvalue weighted by Crippen LogP contribution is 2.31. The molecule has 8 heteroatoms. The summed E-state index contributed by atoms with van der Waals surface area (Å²) in [6, 6.07) is 4.12. The smallest absolute Gasteiger partial charge is 0.241 e. The van der Waals surface area contributed by atoms with Crippen LogP contribution in [0.5, 0.6) is 0 Å². The van der Waals surface area contributed by atoms with Gasteiger partial charge >= 0.3 is 0 Å². The second kappa shape index (κ2) is 10.1. The first-order valence-electron chi connectivity index (χ1n) is 11.5. The van der Waals surface area contributed by atoms with E-state index in [9.17, 15) is 18.0 Å². The van der Waals surface area contributed by atoms with E-state index >= 15 is 0 Å². The molecule has 2 aliphatic rings. The van der Waals surface area contributed by atoms with Gasteiger partial charge in [-0.05, 0) is 48.9 Å². The maximum absolute atomic E-state index is 13.1. The van der Waals surface area contributed by atoms with Crippen molar-refractivity contribution in [2.45, 2.75) is 89.1 Å². The van der Waals surface area contributed by atoms with Gasteiger partial charge in [0.15, 0.2) is 0 Å². The molecule has 1 aliphatic heterocycles. The normalized spacial score (nSPS) is 18.5. The largest absolute Gasteiger partial charge is 0.352 e. The molecule has 1 aliphatic carbocycles. The SMILES string of the molecule is CCC(=O)N1CCc2cc(S(=O)(=O)NC(C(=O)NC3CCCCCC3)C(C)C)ccc21. The predicted octanol–water partition coefficient (Wildman–Crippen LogP) is 3.13. The molecule has 1 unspecified atom stereocenters. The molecule has 3 rings (SSSR count). The predicted molar refractivity (Wildman–Crippen MR) is 121 cm³/mol. The molecule has 1 aromatic rings. The van der Waals surface area contributed by atoms with E-state index in [1.54, 1.807) is 17.0 Å². The van der Waals surface area contributed by atoms with Gasteiger partial charge in [-0.2, -0.15) is 4.72 Å². The molecule has 7 nitrogen and oxygen atoms in total. The van der Waals surface area contributed by atoms with Gasteiger partial charge in [0, 0.05) is 24.7 Å². The van der Waals surface area contributed by atoms with E-state index in [1.807, 2.05) is 20.8 Å². The van der Waals surface area contributed by atoms with E-state index in [1.165, 1.54) is 18.9 Å². The van der Waals surface area contributed by atoms with Crippen LogP contribution in [0.2, 0.25) is 0 Å². The molecular weight excluding hydrogens is 414 g/mol. The van der Waals surface area contributed by atoms with E-state index in [0.717, 1.165) is 36.9 Å². The number of nitrogens with zero attached hydrogens (tertiary/aromatic N) is 1. The zero-order valence-corrected chi connectivity index (χ0v) is 19.6. The van der Waals surface area contributed by atoms with Crippen LogP contribution >= 0.6 is 0 Å². The Labute approximate surface area is 186 Å². The second-order valence-corrected chi connectivity index (χ2v) is 10.7. The summed E-state index contributed by atoms with van der Waals surface area (Å²) in [6.45, 7) is 6.07. The molecule has 1 atom stereocenters. The highest BCUT2D eigenvalue weighted by atomic mass is 32.2. The van der Waals surface area contributed by atoms with Crippen LogP contribution in [0.1, 0.15) is 71.3 Å². The third-order valence-corrected chi connectivity index (χ3v) is 7.73. The van der Waals surface area contributed by atoms with Crippen LogP contribution < -0.4 is 14.9 Å². The van der Waals surface area contributed by atoms with Crippen molar-refractivity contribution in [1.29, 1.82) is 0 Å². The van der Waals surface area contributed by atoms with Gasteiger partial charge in [0.25, 0.3) is 0 Å². The van der Waals surface area contributed by atoms with Gasteiger partial charge in [0.1, 0.15) is 6.04 Å². The Morgan fingerprint density at radius 2 is 1.81 bits per heavy atom. The Kier molecular flexibility index (Phi) is 7.75. The Hall–Kier alpha value is -1.93. The minimum absolute atomic E-state index is 0.0301. The summed E-state index contributed by atoms with van der Waals surface area (Å²) in [4.78, 5) is 26.9. The fraction of sp³-hybridized carbons (Fsp3) is 0.652. The summed E-state index contributed by atoms with van der Waals surface area (Å²) in [7, 11) is -3.88. The summed E-state index contributed by atoms with van der Waals surface area (Å²) >= 11 is 0. The summed E-state index contributed by atoms with van der Waals surface area (Å²) in [5, 5.41) is 3.07. The molecule has 0 aromatic heterocycles. The number of carbonyl (C=O) groups excluding carboxylic acids is 2.